The van der Waals surface area contributed by atoms with Gasteiger partial charge in [-0.3, -0.25) is 4.79 Å². The zero-order chi connectivity index (χ0) is 13.2. The Balaban J connectivity index is 1.93. The van der Waals surface area contributed by atoms with Gasteiger partial charge < -0.3 is 10.2 Å². The molecule has 0 unspecified atom stereocenters. The molecule has 0 aromatic heterocycles. The number of carbonyl (C=O) groups excluding carboxylic acids is 1. The number of alkyl halides is 3. The molecule has 3 nitrogen and oxygen atoms in total. The summed E-state index contributed by atoms with van der Waals surface area (Å²) in [4.78, 5) is 13.5. The molecule has 0 saturated carbocycles. The second kappa shape index (κ2) is 5.47. The zero-order valence-electron chi connectivity index (χ0n) is 10.3. The summed E-state index contributed by atoms with van der Waals surface area (Å²) in [5.41, 5.74) is 0. The lowest BCUT2D eigenvalue weighted by atomic mass is 9.96. The molecule has 2 aliphatic rings. The van der Waals surface area contributed by atoms with Crippen molar-refractivity contribution in [3.05, 3.63) is 0 Å². The van der Waals surface area contributed by atoms with E-state index in [0.717, 1.165) is 25.8 Å². The second-order valence-electron chi connectivity index (χ2n) is 5.17. The summed E-state index contributed by atoms with van der Waals surface area (Å²) in [5, 5.41) is 3.10. The van der Waals surface area contributed by atoms with Crippen LogP contribution in [0.2, 0.25) is 0 Å². The van der Waals surface area contributed by atoms with Crippen molar-refractivity contribution in [3.8, 4) is 0 Å². The minimum Gasteiger partial charge on any atom is -0.341 e. The van der Waals surface area contributed by atoms with Gasteiger partial charge >= 0.3 is 6.18 Å². The van der Waals surface area contributed by atoms with Gasteiger partial charge in [0.05, 0.1) is 12.0 Å². The number of nitrogens with one attached hydrogen (secondary N) is 1. The first kappa shape index (κ1) is 13.6. The number of hydrogen-bond donors (Lipinski definition) is 1. The minimum atomic E-state index is -4.18. The lowest BCUT2D eigenvalue weighted by Crippen LogP contribution is -2.52. The van der Waals surface area contributed by atoms with Gasteiger partial charge in [0, 0.05) is 13.1 Å². The summed E-state index contributed by atoms with van der Waals surface area (Å²) in [6.45, 7) is 1.08. The molecule has 0 aliphatic carbocycles. The number of halogens is 3. The summed E-state index contributed by atoms with van der Waals surface area (Å²) >= 11 is 0. The fourth-order valence-corrected chi connectivity index (χ4v) is 2.73. The molecule has 104 valence electrons. The first-order valence-corrected chi connectivity index (χ1v) is 6.57. The third-order valence-corrected chi connectivity index (χ3v) is 3.80. The Morgan fingerprint density at radius 2 is 1.94 bits per heavy atom. The van der Waals surface area contributed by atoms with Crippen LogP contribution < -0.4 is 5.32 Å². The van der Waals surface area contributed by atoms with Gasteiger partial charge in [-0.05, 0) is 32.2 Å². The fourth-order valence-electron chi connectivity index (χ4n) is 2.73. The topological polar surface area (TPSA) is 32.3 Å². The Hall–Kier alpha value is -0.780. The maximum atomic E-state index is 12.7. The average Bonchev–Trinajstić information content (AvgIpc) is 2.38. The van der Waals surface area contributed by atoms with Crippen LogP contribution in [0.3, 0.4) is 0 Å². The highest BCUT2D eigenvalue weighted by molar-refractivity contribution is 5.82. The van der Waals surface area contributed by atoms with Crippen LogP contribution in [0.25, 0.3) is 0 Å². The van der Waals surface area contributed by atoms with Crippen molar-refractivity contribution in [2.45, 2.75) is 44.3 Å². The normalized spacial score (nSPS) is 30.3. The van der Waals surface area contributed by atoms with E-state index in [0.29, 0.717) is 13.0 Å². The quantitative estimate of drug-likeness (QED) is 0.785. The lowest BCUT2D eigenvalue weighted by Gasteiger charge is -2.36. The van der Waals surface area contributed by atoms with Crippen molar-refractivity contribution in [1.29, 1.82) is 0 Å². The van der Waals surface area contributed by atoms with Crippen LogP contribution in [0, 0.1) is 5.92 Å². The Morgan fingerprint density at radius 3 is 2.56 bits per heavy atom. The van der Waals surface area contributed by atoms with Gasteiger partial charge in [0.25, 0.3) is 0 Å². The second-order valence-corrected chi connectivity index (χ2v) is 5.17. The summed E-state index contributed by atoms with van der Waals surface area (Å²) < 4.78 is 38.0. The Labute approximate surface area is 105 Å². The molecule has 2 atom stereocenters. The highest BCUT2D eigenvalue weighted by Gasteiger charge is 2.43. The highest BCUT2D eigenvalue weighted by Crippen LogP contribution is 2.33. The first-order chi connectivity index (χ1) is 8.48. The van der Waals surface area contributed by atoms with E-state index in [-0.39, 0.29) is 24.9 Å². The predicted molar refractivity (Wildman–Crippen MR) is 61.0 cm³/mol. The maximum Gasteiger partial charge on any atom is 0.393 e. The molecule has 18 heavy (non-hydrogen) atoms. The molecular formula is C12H19F3N2O. The van der Waals surface area contributed by atoms with Gasteiger partial charge in [-0.15, -0.1) is 0 Å². The summed E-state index contributed by atoms with van der Waals surface area (Å²) in [6, 6.07) is -0.272. The SMILES string of the molecule is O=C([C@H]1CCCCN1)N1CCC[C@H](C(F)(F)F)C1. The summed E-state index contributed by atoms with van der Waals surface area (Å²) in [7, 11) is 0. The van der Waals surface area contributed by atoms with Gasteiger partial charge in [-0.2, -0.15) is 13.2 Å². The largest absolute Gasteiger partial charge is 0.393 e. The molecule has 0 bridgehead atoms. The van der Waals surface area contributed by atoms with Gasteiger partial charge in [-0.25, -0.2) is 0 Å². The molecule has 2 rings (SSSR count). The number of rotatable bonds is 1. The van der Waals surface area contributed by atoms with E-state index in [1.54, 1.807) is 0 Å². The molecule has 2 heterocycles. The predicted octanol–water partition coefficient (Wildman–Crippen LogP) is 1.93. The number of nitrogens with zero attached hydrogens (tertiary/aromatic N) is 1. The molecule has 1 N–H and O–H groups in total. The van der Waals surface area contributed by atoms with Gasteiger partial charge in [-0.1, -0.05) is 6.42 Å². The Kier molecular flexibility index (Phi) is 4.14. The molecule has 0 spiro atoms. The zero-order valence-corrected chi connectivity index (χ0v) is 10.3. The standard InChI is InChI=1S/C12H19F3N2O/c13-12(14,15)9-4-3-7-17(8-9)11(18)10-5-1-2-6-16-10/h9-10,16H,1-8H2/t9-,10+/m0/s1. The van der Waals surface area contributed by atoms with Crippen LogP contribution in [-0.4, -0.2) is 42.7 Å². The lowest BCUT2D eigenvalue weighted by molar-refractivity contribution is -0.188. The van der Waals surface area contributed by atoms with Crippen molar-refractivity contribution >= 4 is 5.91 Å². The van der Waals surface area contributed by atoms with E-state index in [1.807, 2.05) is 0 Å². The average molecular weight is 264 g/mol. The molecule has 2 fully saturated rings. The van der Waals surface area contributed by atoms with Crippen LogP contribution in [0.1, 0.15) is 32.1 Å². The van der Waals surface area contributed by atoms with E-state index < -0.39 is 12.1 Å². The van der Waals surface area contributed by atoms with E-state index in [2.05, 4.69) is 5.32 Å². The first-order valence-electron chi connectivity index (χ1n) is 6.57. The third kappa shape index (κ3) is 3.16. The maximum absolute atomic E-state index is 12.7. The number of likely N-dealkylation sites (tertiary alicyclic amines) is 1. The van der Waals surface area contributed by atoms with Gasteiger partial charge in [0.15, 0.2) is 0 Å². The van der Waals surface area contributed by atoms with E-state index in [4.69, 9.17) is 0 Å². The Morgan fingerprint density at radius 1 is 1.17 bits per heavy atom. The molecule has 0 radical (unpaired) electrons. The monoisotopic (exact) mass is 264 g/mol. The van der Waals surface area contributed by atoms with Gasteiger partial charge in [0.2, 0.25) is 5.91 Å². The van der Waals surface area contributed by atoms with Crippen LogP contribution in [-0.2, 0) is 4.79 Å². The summed E-state index contributed by atoms with van der Waals surface area (Å²) in [6.07, 6.45) is -0.839. The molecule has 6 heteroatoms. The van der Waals surface area contributed by atoms with Crippen molar-refractivity contribution in [2.24, 2.45) is 5.92 Å². The van der Waals surface area contributed by atoms with E-state index in [9.17, 15) is 18.0 Å². The number of piperidine rings is 2. The molecule has 0 aromatic rings. The van der Waals surface area contributed by atoms with Crippen LogP contribution in [0.5, 0.6) is 0 Å². The van der Waals surface area contributed by atoms with Gasteiger partial charge in [0.1, 0.15) is 0 Å². The smallest absolute Gasteiger partial charge is 0.341 e. The number of hydrogen-bond acceptors (Lipinski definition) is 2. The van der Waals surface area contributed by atoms with Crippen molar-refractivity contribution in [3.63, 3.8) is 0 Å². The summed E-state index contributed by atoms with van der Waals surface area (Å²) in [5.74, 6) is -1.50. The van der Waals surface area contributed by atoms with Crippen LogP contribution in [0.15, 0.2) is 0 Å². The Bertz CT molecular complexity index is 300. The molecule has 2 saturated heterocycles. The van der Waals surface area contributed by atoms with Crippen molar-refractivity contribution in [1.82, 2.24) is 10.2 Å². The number of amides is 1. The molecule has 0 aromatic carbocycles. The third-order valence-electron chi connectivity index (χ3n) is 3.80. The molecule has 2 aliphatic heterocycles. The van der Waals surface area contributed by atoms with E-state index in [1.165, 1.54) is 4.90 Å². The number of carbonyl (C=O) groups is 1. The minimum absolute atomic E-state index is 0.144. The molecular weight excluding hydrogens is 245 g/mol. The van der Waals surface area contributed by atoms with Crippen LogP contribution >= 0.6 is 0 Å². The highest BCUT2D eigenvalue weighted by atomic mass is 19.4. The molecule has 1 amide bonds. The van der Waals surface area contributed by atoms with E-state index >= 15 is 0 Å². The van der Waals surface area contributed by atoms with Crippen molar-refractivity contribution < 1.29 is 18.0 Å². The fraction of sp³-hybridized carbons (Fsp3) is 0.917. The van der Waals surface area contributed by atoms with Crippen LogP contribution in [0.4, 0.5) is 13.2 Å². The van der Waals surface area contributed by atoms with Crippen molar-refractivity contribution in [2.75, 3.05) is 19.6 Å².